The quantitative estimate of drug-likeness (QED) is 0.389. The van der Waals surface area contributed by atoms with E-state index in [1.165, 1.54) is 82.7 Å². The summed E-state index contributed by atoms with van der Waals surface area (Å²) in [7, 11) is 0. The Kier molecular flexibility index (Phi) is 6.02. The standard InChI is InChI=1S/C27H27.Zr/c1-19-14-23-17-21(16-20-8-3-2-4-9-20)18-26(23)27(15-19)25-13-7-11-22-10-5-6-12-24(22)25;/h5-7,10-15,17-18,20H,2-4,8-9,16H2,1H3;. The second-order valence-electron chi connectivity index (χ2n) is 8.41. The molecule has 0 heterocycles. The molecule has 0 aromatic heterocycles. The zero-order valence-corrected chi connectivity index (χ0v) is 19.1. The molecule has 3 aromatic rings. The van der Waals surface area contributed by atoms with Gasteiger partial charge in [-0.25, -0.2) is 0 Å². The average Bonchev–Trinajstić information content (AvgIpc) is 3.09. The molecule has 3 aromatic carbocycles. The smallest absolute Gasteiger partial charge is 0.0164 e. The molecule has 0 spiro atoms. The van der Waals surface area contributed by atoms with Crippen LogP contribution < -0.4 is 0 Å². The van der Waals surface area contributed by atoms with Crippen molar-refractivity contribution in [3.05, 3.63) is 83.3 Å². The van der Waals surface area contributed by atoms with Crippen molar-refractivity contribution in [3.63, 3.8) is 0 Å². The van der Waals surface area contributed by atoms with Gasteiger partial charge in [0.1, 0.15) is 0 Å². The monoisotopic (exact) mass is 441 g/mol. The minimum Gasteiger partial charge on any atom is -0.0616 e. The normalized spacial score (nSPS) is 16.5. The largest absolute Gasteiger partial charge is 0.0616 e. The summed E-state index contributed by atoms with van der Waals surface area (Å²) < 4.78 is 0. The van der Waals surface area contributed by atoms with Crippen molar-refractivity contribution in [1.29, 1.82) is 0 Å². The van der Waals surface area contributed by atoms with Crippen molar-refractivity contribution in [2.24, 2.45) is 5.92 Å². The zero-order chi connectivity index (χ0) is 18.2. The molecule has 0 N–H and O–H groups in total. The van der Waals surface area contributed by atoms with E-state index in [-0.39, 0.29) is 26.2 Å². The van der Waals surface area contributed by atoms with Gasteiger partial charge in [0.25, 0.3) is 0 Å². The van der Waals surface area contributed by atoms with E-state index in [0.29, 0.717) is 0 Å². The Hall–Kier alpha value is -1.46. The molecule has 0 saturated heterocycles. The van der Waals surface area contributed by atoms with Crippen molar-refractivity contribution in [3.8, 4) is 11.1 Å². The topological polar surface area (TPSA) is 0 Å². The summed E-state index contributed by atoms with van der Waals surface area (Å²) in [6.45, 7) is 2.22. The SMILES string of the molecule is Cc1cc2c(c(-c3cccc4ccccc34)c1)C=C(CC1CCCCC1)[CH]2.[Zr]. The van der Waals surface area contributed by atoms with Crippen LogP contribution in [0.15, 0.2) is 60.2 Å². The number of benzene rings is 3. The molecular weight excluding hydrogens is 416 g/mol. The van der Waals surface area contributed by atoms with Gasteiger partial charge in [-0.3, -0.25) is 0 Å². The van der Waals surface area contributed by atoms with Crippen LogP contribution in [0.25, 0.3) is 28.0 Å². The summed E-state index contributed by atoms with van der Waals surface area (Å²) in [5, 5.41) is 2.67. The van der Waals surface area contributed by atoms with Gasteiger partial charge in [0.2, 0.25) is 0 Å². The van der Waals surface area contributed by atoms with Crippen LogP contribution in [0, 0.1) is 19.3 Å². The predicted molar refractivity (Wildman–Crippen MR) is 117 cm³/mol. The maximum atomic E-state index is 2.47. The van der Waals surface area contributed by atoms with Crippen molar-refractivity contribution < 1.29 is 26.2 Å². The van der Waals surface area contributed by atoms with Gasteiger partial charge < -0.3 is 0 Å². The fourth-order valence-corrected chi connectivity index (χ4v) is 5.06. The van der Waals surface area contributed by atoms with Gasteiger partial charge in [-0.1, -0.05) is 104 Å². The number of allylic oxidation sites excluding steroid dienone is 1. The Bertz CT molecular complexity index is 1020. The molecule has 1 saturated carbocycles. The van der Waals surface area contributed by atoms with Gasteiger partial charge in [-0.15, -0.1) is 0 Å². The number of aryl methyl sites for hydroxylation is 1. The summed E-state index contributed by atoms with van der Waals surface area (Å²) in [6, 6.07) is 20.2. The molecule has 139 valence electrons. The summed E-state index contributed by atoms with van der Waals surface area (Å²) >= 11 is 0. The maximum absolute atomic E-state index is 2.47. The summed E-state index contributed by atoms with van der Waals surface area (Å²) in [4.78, 5) is 0. The first-order chi connectivity index (χ1) is 13.3. The summed E-state index contributed by atoms with van der Waals surface area (Å²) in [5.74, 6) is 0.887. The Labute approximate surface area is 188 Å². The van der Waals surface area contributed by atoms with Gasteiger partial charge >= 0.3 is 0 Å². The van der Waals surface area contributed by atoms with Crippen LogP contribution in [-0.4, -0.2) is 0 Å². The van der Waals surface area contributed by atoms with Gasteiger partial charge in [0.15, 0.2) is 0 Å². The van der Waals surface area contributed by atoms with Crippen LogP contribution in [0.1, 0.15) is 55.2 Å². The molecule has 28 heavy (non-hydrogen) atoms. The fourth-order valence-electron chi connectivity index (χ4n) is 5.06. The molecule has 0 bridgehead atoms. The van der Waals surface area contributed by atoms with E-state index >= 15 is 0 Å². The number of rotatable bonds is 3. The number of hydrogen-bond donors (Lipinski definition) is 0. The van der Waals surface area contributed by atoms with E-state index in [4.69, 9.17) is 0 Å². The first-order valence-electron chi connectivity index (χ1n) is 10.5. The van der Waals surface area contributed by atoms with Gasteiger partial charge in [-0.2, -0.15) is 0 Å². The van der Waals surface area contributed by atoms with Crippen molar-refractivity contribution in [1.82, 2.24) is 0 Å². The van der Waals surface area contributed by atoms with Crippen LogP contribution in [0.3, 0.4) is 0 Å². The van der Waals surface area contributed by atoms with Crippen LogP contribution in [0.4, 0.5) is 0 Å². The molecule has 2 aliphatic carbocycles. The van der Waals surface area contributed by atoms with Crippen LogP contribution >= 0.6 is 0 Å². The average molecular weight is 443 g/mol. The summed E-state index contributed by atoms with van der Waals surface area (Å²) in [5.41, 5.74) is 8.45. The maximum Gasteiger partial charge on any atom is 0.0164 e. The molecule has 1 heteroatoms. The minimum absolute atomic E-state index is 0. The van der Waals surface area contributed by atoms with Gasteiger partial charge in [0, 0.05) is 32.6 Å². The van der Waals surface area contributed by atoms with E-state index in [0.717, 1.165) is 5.92 Å². The minimum atomic E-state index is 0. The third-order valence-corrected chi connectivity index (χ3v) is 6.36. The third kappa shape index (κ3) is 3.84. The van der Waals surface area contributed by atoms with Gasteiger partial charge in [-0.05, 0) is 52.3 Å². The molecule has 0 aliphatic heterocycles. The Balaban J connectivity index is 0.00000192. The molecule has 1 fully saturated rings. The van der Waals surface area contributed by atoms with Crippen LogP contribution in [0.2, 0.25) is 0 Å². The molecular formula is C27H27Zr. The van der Waals surface area contributed by atoms with E-state index in [1.807, 2.05) is 0 Å². The molecule has 0 unspecified atom stereocenters. The zero-order valence-electron chi connectivity index (χ0n) is 16.7. The Morgan fingerprint density at radius 3 is 2.50 bits per heavy atom. The first-order valence-corrected chi connectivity index (χ1v) is 10.5. The molecule has 5 rings (SSSR count). The number of hydrogen-bond acceptors (Lipinski definition) is 0. The number of fused-ring (bicyclic) bond motifs is 2. The Morgan fingerprint density at radius 1 is 0.857 bits per heavy atom. The Morgan fingerprint density at radius 2 is 1.64 bits per heavy atom. The fraction of sp³-hybridized carbons (Fsp3) is 0.296. The van der Waals surface area contributed by atoms with Crippen molar-refractivity contribution in [2.45, 2.75) is 45.4 Å². The van der Waals surface area contributed by atoms with E-state index in [2.05, 4.69) is 74.0 Å². The predicted octanol–water partition coefficient (Wildman–Crippen LogP) is 7.73. The second-order valence-corrected chi connectivity index (χ2v) is 8.41. The van der Waals surface area contributed by atoms with Crippen LogP contribution in [0.5, 0.6) is 0 Å². The van der Waals surface area contributed by atoms with Crippen molar-refractivity contribution in [2.75, 3.05) is 0 Å². The molecule has 0 atom stereocenters. The van der Waals surface area contributed by atoms with E-state index in [1.54, 1.807) is 0 Å². The molecule has 0 amide bonds. The molecule has 0 nitrogen and oxygen atoms in total. The van der Waals surface area contributed by atoms with E-state index < -0.39 is 0 Å². The third-order valence-electron chi connectivity index (χ3n) is 6.36. The second kappa shape index (κ2) is 8.50. The molecule has 1 radical (unpaired) electrons. The summed E-state index contributed by atoms with van der Waals surface area (Å²) in [6.07, 6.45) is 13.3. The van der Waals surface area contributed by atoms with Crippen LogP contribution in [-0.2, 0) is 26.2 Å². The van der Waals surface area contributed by atoms with E-state index in [9.17, 15) is 0 Å². The molecule has 2 aliphatic rings. The van der Waals surface area contributed by atoms with Gasteiger partial charge in [0.05, 0.1) is 0 Å². The van der Waals surface area contributed by atoms with Crippen molar-refractivity contribution >= 4 is 16.8 Å². The first kappa shape index (κ1) is 19.8.